The minimum absolute atomic E-state index is 0.0584. The fourth-order valence-corrected chi connectivity index (χ4v) is 3.61. The first-order chi connectivity index (χ1) is 12.5. The third-order valence-electron chi connectivity index (χ3n) is 3.99. The Hall–Kier alpha value is -1.98. The van der Waals surface area contributed by atoms with Gasteiger partial charge in [0.05, 0.1) is 5.75 Å². The molecule has 0 aromatic heterocycles. The molecule has 6 heteroatoms. The number of hydrogen-bond acceptors (Lipinski definition) is 3. The number of thioether (sulfide) groups is 1. The van der Waals surface area contributed by atoms with Crippen LogP contribution in [0, 0.1) is 0 Å². The van der Waals surface area contributed by atoms with Crippen molar-refractivity contribution in [3.63, 3.8) is 0 Å². The monoisotopic (exact) mass is 390 g/mol. The van der Waals surface area contributed by atoms with Gasteiger partial charge in [0.15, 0.2) is 0 Å². The molecule has 1 N–H and O–H groups in total. The van der Waals surface area contributed by atoms with E-state index >= 15 is 0 Å². The molecule has 2 aromatic carbocycles. The average molecular weight is 391 g/mol. The Kier molecular flexibility index (Phi) is 8.01. The molecule has 0 fully saturated rings. The van der Waals surface area contributed by atoms with Crippen LogP contribution in [-0.2, 0) is 21.9 Å². The number of amides is 2. The molecule has 0 radical (unpaired) electrons. The van der Waals surface area contributed by atoms with Crippen molar-refractivity contribution in [3.8, 4) is 0 Å². The zero-order valence-corrected chi connectivity index (χ0v) is 16.5. The Bertz CT molecular complexity index is 740. The predicted octanol–water partition coefficient (Wildman–Crippen LogP) is 3.74. The molecular weight excluding hydrogens is 368 g/mol. The molecule has 0 aliphatic rings. The van der Waals surface area contributed by atoms with Gasteiger partial charge in [-0.1, -0.05) is 54.1 Å². The lowest BCUT2D eigenvalue weighted by molar-refractivity contribution is -0.138. The smallest absolute Gasteiger partial charge is 0.242 e. The zero-order chi connectivity index (χ0) is 18.9. The van der Waals surface area contributed by atoms with E-state index in [1.54, 1.807) is 18.9 Å². The van der Waals surface area contributed by atoms with Crippen LogP contribution in [0.4, 0.5) is 0 Å². The van der Waals surface area contributed by atoms with Gasteiger partial charge in [-0.25, -0.2) is 0 Å². The van der Waals surface area contributed by atoms with Crippen molar-refractivity contribution in [1.29, 1.82) is 0 Å². The third-order valence-corrected chi connectivity index (χ3v) is 5.22. The SMILES string of the molecule is CNC(=O)C(C)N(Cc1ccccc1)C(=O)CSCc1cccc(Cl)c1. The number of rotatable bonds is 8. The fourth-order valence-electron chi connectivity index (χ4n) is 2.54. The van der Waals surface area contributed by atoms with Gasteiger partial charge in [0, 0.05) is 24.4 Å². The highest BCUT2D eigenvalue weighted by molar-refractivity contribution is 7.99. The lowest BCUT2D eigenvalue weighted by Gasteiger charge is -2.28. The van der Waals surface area contributed by atoms with Crippen molar-refractivity contribution in [2.24, 2.45) is 0 Å². The molecule has 0 aliphatic heterocycles. The molecule has 0 spiro atoms. The summed E-state index contributed by atoms with van der Waals surface area (Å²) in [7, 11) is 1.58. The first-order valence-corrected chi connectivity index (χ1v) is 9.91. The number of likely N-dealkylation sites (N-methyl/N-ethyl adjacent to an activating group) is 1. The van der Waals surface area contributed by atoms with Crippen molar-refractivity contribution >= 4 is 35.2 Å². The highest BCUT2D eigenvalue weighted by atomic mass is 35.5. The Morgan fingerprint density at radius 3 is 2.46 bits per heavy atom. The van der Waals surface area contributed by atoms with Gasteiger partial charge in [-0.15, -0.1) is 11.8 Å². The molecule has 1 unspecified atom stereocenters. The molecule has 138 valence electrons. The van der Waals surface area contributed by atoms with Crippen LogP contribution in [0.5, 0.6) is 0 Å². The van der Waals surface area contributed by atoms with E-state index in [-0.39, 0.29) is 11.8 Å². The van der Waals surface area contributed by atoms with Crippen LogP contribution in [0.15, 0.2) is 54.6 Å². The summed E-state index contributed by atoms with van der Waals surface area (Å²) in [5.74, 6) is 0.770. The average Bonchev–Trinajstić information content (AvgIpc) is 2.65. The van der Waals surface area contributed by atoms with Crippen molar-refractivity contribution in [2.45, 2.75) is 25.3 Å². The molecule has 2 aromatic rings. The van der Waals surface area contributed by atoms with Gasteiger partial charge in [-0.3, -0.25) is 9.59 Å². The van der Waals surface area contributed by atoms with Crippen molar-refractivity contribution in [2.75, 3.05) is 12.8 Å². The fraction of sp³-hybridized carbons (Fsp3) is 0.300. The summed E-state index contributed by atoms with van der Waals surface area (Å²) in [6.07, 6.45) is 0. The molecule has 0 bridgehead atoms. The molecule has 2 rings (SSSR count). The summed E-state index contributed by atoms with van der Waals surface area (Å²) in [6, 6.07) is 16.8. The summed E-state index contributed by atoms with van der Waals surface area (Å²) in [5, 5.41) is 3.31. The number of nitrogens with zero attached hydrogens (tertiary/aromatic N) is 1. The maximum atomic E-state index is 12.8. The van der Waals surface area contributed by atoms with Crippen molar-refractivity contribution in [3.05, 3.63) is 70.7 Å². The Morgan fingerprint density at radius 1 is 1.12 bits per heavy atom. The second kappa shape index (κ2) is 10.2. The van der Waals surface area contributed by atoms with Crippen LogP contribution >= 0.6 is 23.4 Å². The van der Waals surface area contributed by atoms with Gasteiger partial charge in [0.1, 0.15) is 6.04 Å². The molecule has 0 aliphatic carbocycles. The Labute approximate surface area is 163 Å². The molecule has 1 atom stereocenters. The second-order valence-corrected chi connectivity index (χ2v) is 7.34. The van der Waals surface area contributed by atoms with E-state index in [0.29, 0.717) is 23.1 Å². The number of nitrogens with one attached hydrogen (secondary N) is 1. The molecule has 4 nitrogen and oxygen atoms in total. The lowest BCUT2D eigenvalue weighted by atomic mass is 10.1. The number of carbonyl (C=O) groups is 2. The maximum Gasteiger partial charge on any atom is 0.242 e. The minimum atomic E-state index is -0.528. The van der Waals surface area contributed by atoms with E-state index < -0.39 is 6.04 Å². The summed E-state index contributed by atoms with van der Waals surface area (Å²) in [5.41, 5.74) is 2.07. The molecule has 0 saturated carbocycles. The van der Waals surface area contributed by atoms with Gasteiger partial charge in [0.25, 0.3) is 0 Å². The highest BCUT2D eigenvalue weighted by Gasteiger charge is 2.25. The van der Waals surface area contributed by atoms with Gasteiger partial charge < -0.3 is 10.2 Å². The summed E-state index contributed by atoms with van der Waals surface area (Å²) in [4.78, 5) is 26.4. The van der Waals surface area contributed by atoms with E-state index in [1.165, 1.54) is 11.8 Å². The van der Waals surface area contributed by atoms with E-state index in [0.717, 1.165) is 11.1 Å². The van der Waals surface area contributed by atoms with E-state index in [4.69, 9.17) is 11.6 Å². The quantitative estimate of drug-likeness (QED) is 0.747. The summed E-state index contributed by atoms with van der Waals surface area (Å²) in [6.45, 7) is 2.16. The first kappa shape index (κ1) is 20.3. The first-order valence-electron chi connectivity index (χ1n) is 8.38. The molecule has 26 heavy (non-hydrogen) atoms. The number of halogens is 1. The van der Waals surface area contributed by atoms with Crippen molar-refractivity contribution in [1.82, 2.24) is 10.2 Å². The normalized spacial score (nSPS) is 11.7. The second-order valence-electron chi connectivity index (χ2n) is 5.92. The van der Waals surface area contributed by atoms with E-state index in [1.807, 2.05) is 54.6 Å². The summed E-state index contributed by atoms with van der Waals surface area (Å²) >= 11 is 7.51. The van der Waals surface area contributed by atoms with Gasteiger partial charge in [0.2, 0.25) is 11.8 Å². The van der Waals surface area contributed by atoms with Crippen LogP contribution in [-0.4, -0.2) is 35.6 Å². The molecular formula is C20H23ClN2O2S. The molecule has 2 amide bonds. The zero-order valence-electron chi connectivity index (χ0n) is 14.9. The third kappa shape index (κ3) is 6.07. The maximum absolute atomic E-state index is 12.8. The predicted molar refractivity (Wildman–Crippen MR) is 108 cm³/mol. The number of benzene rings is 2. The number of carbonyl (C=O) groups excluding carboxylic acids is 2. The standard InChI is InChI=1S/C20H23ClN2O2S/c1-15(20(25)22-2)23(12-16-7-4-3-5-8-16)19(24)14-26-13-17-9-6-10-18(21)11-17/h3-11,15H,12-14H2,1-2H3,(H,22,25). The van der Waals surface area contributed by atoms with E-state index in [2.05, 4.69) is 5.32 Å². The highest BCUT2D eigenvalue weighted by Crippen LogP contribution is 2.18. The van der Waals surface area contributed by atoms with Crippen LogP contribution in [0.1, 0.15) is 18.1 Å². The van der Waals surface area contributed by atoms with Crippen LogP contribution in [0.2, 0.25) is 5.02 Å². The Balaban J connectivity index is 2.01. The van der Waals surface area contributed by atoms with Crippen LogP contribution in [0.25, 0.3) is 0 Å². The number of hydrogen-bond donors (Lipinski definition) is 1. The molecule has 0 saturated heterocycles. The van der Waals surface area contributed by atoms with Crippen molar-refractivity contribution < 1.29 is 9.59 Å². The van der Waals surface area contributed by atoms with Crippen LogP contribution in [0.3, 0.4) is 0 Å². The summed E-state index contributed by atoms with van der Waals surface area (Å²) < 4.78 is 0. The van der Waals surface area contributed by atoms with Gasteiger partial charge in [-0.05, 0) is 30.2 Å². The minimum Gasteiger partial charge on any atom is -0.357 e. The topological polar surface area (TPSA) is 49.4 Å². The largest absolute Gasteiger partial charge is 0.357 e. The van der Waals surface area contributed by atoms with Gasteiger partial charge in [-0.2, -0.15) is 0 Å². The Morgan fingerprint density at radius 2 is 1.81 bits per heavy atom. The van der Waals surface area contributed by atoms with Crippen LogP contribution < -0.4 is 5.32 Å². The molecule has 0 heterocycles. The van der Waals surface area contributed by atoms with E-state index in [9.17, 15) is 9.59 Å². The van der Waals surface area contributed by atoms with Gasteiger partial charge >= 0.3 is 0 Å². The lowest BCUT2D eigenvalue weighted by Crippen LogP contribution is -2.47.